The van der Waals surface area contributed by atoms with Gasteiger partial charge in [0.1, 0.15) is 6.04 Å². The maximum atomic E-state index is 13.0. The van der Waals surface area contributed by atoms with Gasteiger partial charge in [-0.15, -0.1) is 0 Å². The quantitative estimate of drug-likeness (QED) is 0.641. The monoisotopic (exact) mass is 407 g/mol. The molecule has 1 atom stereocenters. The number of fused-ring (bicyclic) bond motifs is 1. The standard InChI is InChI=1S/C20H17N5O5/c26-15-7-6-14(17(27)24-15)25-18(28)13-5-1-3-11(16(13)19(25)29)9-22-20(30)23-12-4-2-8-21-10-12/h1-5,8,10,14H,6-7,9H2,(H2,22,23,30)(H,24,26,27). The van der Waals surface area contributed by atoms with Crippen LogP contribution in [0.25, 0.3) is 0 Å². The van der Waals surface area contributed by atoms with Crippen molar-refractivity contribution >= 4 is 35.3 Å². The van der Waals surface area contributed by atoms with E-state index in [4.69, 9.17) is 0 Å². The Labute approximate surface area is 170 Å². The second-order valence-corrected chi connectivity index (χ2v) is 6.84. The first-order chi connectivity index (χ1) is 14.5. The van der Waals surface area contributed by atoms with E-state index in [9.17, 15) is 24.0 Å². The van der Waals surface area contributed by atoms with Gasteiger partial charge in [-0.1, -0.05) is 12.1 Å². The third-order valence-corrected chi connectivity index (χ3v) is 4.91. The van der Waals surface area contributed by atoms with Gasteiger partial charge < -0.3 is 10.6 Å². The van der Waals surface area contributed by atoms with Gasteiger partial charge in [-0.3, -0.25) is 34.4 Å². The number of urea groups is 1. The van der Waals surface area contributed by atoms with Gasteiger partial charge in [-0.05, 0) is 30.2 Å². The molecule has 0 radical (unpaired) electrons. The van der Waals surface area contributed by atoms with Gasteiger partial charge in [0.05, 0.1) is 23.0 Å². The average Bonchev–Trinajstić information content (AvgIpc) is 2.98. The van der Waals surface area contributed by atoms with Gasteiger partial charge in [0, 0.05) is 19.2 Å². The molecule has 0 aliphatic carbocycles. The van der Waals surface area contributed by atoms with Crippen molar-refractivity contribution in [3.63, 3.8) is 0 Å². The minimum atomic E-state index is -1.04. The molecule has 1 unspecified atom stereocenters. The van der Waals surface area contributed by atoms with Crippen LogP contribution in [0.15, 0.2) is 42.7 Å². The molecule has 1 fully saturated rings. The molecule has 1 aromatic heterocycles. The molecular weight excluding hydrogens is 390 g/mol. The lowest BCUT2D eigenvalue weighted by atomic mass is 10.0. The molecule has 0 spiro atoms. The number of anilines is 1. The van der Waals surface area contributed by atoms with E-state index in [0.29, 0.717) is 11.3 Å². The van der Waals surface area contributed by atoms with Crippen LogP contribution in [0.1, 0.15) is 39.1 Å². The molecule has 6 amide bonds. The summed E-state index contributed by atoms with van der Waals surface area (Å²) in [6, 6.07) is 6.54. The number of amides is 6. The van der Waals surface area contributed by atoms with Crippen LogP contribution in [-0.4, -0.2) is 45.6 Å². The number of benzene rings is 1. The summed E-state index contributed by atoms with van der Waals surface area (Å²) >= 11 is 0. The number of piperidine rings is 1. The molecule has 0 saturated carbocycles. The second kappa shape index (κ2) is 7.74. The van der Waals surface area contributed by atoms with Crippen LogP contribution in [0.4, 0.5) is 10.5 Å². The third-order valence-electron chi connectivity index (χ3n) is 4.91. The Balaban J connectivity index is 1.51. The van der Waals surface area contributed by atoms with Gasteiger partial charge in [0.2, 0.25) is 11.8 Å². The summed E-state index contributed by atoms with van der Waals surface area (Å²) in [4.78, 5) is 66.2. The summed E-state index contributed by atoms with van der Waals surface area (Å²) < 4.78 is 0. The highest BCUT2D eigenvalue weighted by Gasteiger charge is 2.45. The van der Waals surface area contributed by atoms with Crippen LogP contribution in [-0.2, 0) is 16.1 Å². The first-order valence-electron chi connectivity index (χ1n) is 9.24. The van der Waals surface area contributed by atoms with Gasteiger partial charge in [-0.25, -0.2) is 4.79 Å². The van der Waals surface area contributed by atoms with Crippen molar-refractivity contribution in [1.82, 2.24) is 20.5 Å². The Morgan fingerprint density at radius 2 is 1.97 bits per heavy atom. The summed E-state index contributed by atoms with van der Waals surface area (Å²) in [5.41, 5.74) is 1.26. The fourth-order valence-corrected chi connectivity index (χ4v) is 3.52. The molecule has 30 heavy (non-hydrogen) atoms. The van der Waals surface area contributed by atoms with Crippen molar-refractivity contribution in [1.29, 1.82) is 0 Å². The molecule has 2 aromatic rings. The molecule has 152 valence electrons. The highest BCUT2D eigenvalue weighted by Crippen LogP contribution is 2.29. The van der Waals surface area contributed by atoms with Crippen LogP contribution in [0.2, 0.25) is 0 Å². The summed E-state index contributed by atoms with van der Waals surface area (Å²) in [5, 5.41) is 7.41. The number of hydrogen-bond donors (Lipinski definition) is 3. The van der Waals surface area contributed by atoms with Crippen molar-refractivity contribution in [3.05, 3.63) is 59.4 Å². The van der Waals surface area contributed by atoms with E-state index in [1.54, 1.807) is 30.5 Å². The number of pyridine rings is 1. The first-order valence-corrected chi connectivity index (χ1v) is 9.24. The molecular formula is C20H17N5O5. The molecule has 3 heterocycles. The predicted octanol–water partition coefficient (Wildman–Crippen LogP) is 0.804. The number of rotatable bonds is 4. The van der Waals surface area contributed by atoms with Crippen LogP contribution < -0.4 is 16.0 Å². The molecule has 4 rings (SSSR count). The fraction of sp³-hybridized carbons (Fsp3) is 0.200. The van der Waals surface area contributed by atoms with Crippen molar-refractivity contribution in [2.45, 2.75) is 25.4 Å². The number of carbonyl (C=O) groups is 5. The highest BCUT2D eigenvalue weighted by atomic mass is 16.2. The Kier molecular flexibility index (Phi) is 4.97. The molecule has 10 heteroatoms. The zero-order chi connectivity index (χ0) is 21.3. The Hall–Kier alpha value is -4.08. The highest BCUT2D eigenvalue weighted by molar-refractivity contribution is 6.24. The van der Waals surface area contributed by atoms with Crippen molar-refractivity contribution in [3.8, 4) is 0 Å². The van der Waals surface area contributed by atoms with Crippen LogP contribution in [0.3, 0.4) is 0 Å². The second-order valence-electron chi connectivity index (χ2n) is 6.84. The van der Waals surface area contributed by atoms with E-state index in [0.717, 1.165) is 4.90 Å². The van der Waals surface area contributed by atoms with Gasteiger partial charge in [0.25, 0.3) is 11.8 Å². The number of imide groups is 2. The fourth-order valence-electron chi connectivity index (χ4n) is 3.52. The van der Waals surface area contributed by atoms with Crippen molar-refractivity contribution in [2.75, 3.05) is 5.32 Å². The molecule has 3 N–H and O–H groups in total. The zero-order valence-corrected chi connectivity index (χ0v) is 15.7. The number of carbonyl (C=O) groups excluding carboxylic acids is 5. The summed E-state index contributed by atoms with van der Waals surface area (Å²) in [7, 11) is 0. The predicted molar refractivity (Wildman–Crippen MR) is 103 cm³/mol. The Morgan fingerprint density at radius 3 is 2.70 bits per heavy atom. The third kappa shape index (κ3) is 3.50. The summed E-state index contributed by atoms with van der Waals surface area (Å²) in [5.74, 6) is -2.31. The Morgan fingerprint density at radius 1 is 1.13 bits per heavy atom. The van der Waals surface area contributed by atoms with Crippen molar-refractivity contribution < 1.29 is 24.0 Å². The lowest BCUT2D eigenvalue weighted by molar-refractivity contribution is -0.136. The van der Waals surface area contributed by atoms with Gasteiger partial charge in [0.15, 0.2) is 0 Å². The maximum absolute atomic E-state index is 13.0. The number of hydrogen-bond acceptors (Lipinski definition) is 6. The SMILES string of the molecule is O=C1CCC(N2C(=O)c3cccc(CNC(=O)Nc4cccnc4)c3C2=O)C(=O)N1. The van der Waals surface area contributed by atoms with Gasteiger partial charge >= 0.3 is 6.03 Å². The largest absolute Gasteiger partial charge is 0.334 e. The average molecular weight is 407 g/mol. The van der Waals surface area contributed by atoms with E-state index in [1.807, 2.05) is 0 Å². The Bertz CT molecular complexity index is 1070. The number of nitrogens with zero attached hydrogens (tertiary/aromatic N) is 2. The van der Waals surface area contributed by atoms with E-state index < -0.39 is 35.7 Å². The smallest absolute Gasteiger partial charge is 0.319 e. The summed E-state index contributed by atoms with van der Waals surface area (Å²) in [6.07, 6.45) is 3.19. The first kappa shape index (κ1) is 19.2. The van der Waals surface area contributed by atoms with Gasteiger partial charge in [-0.2, -0.15) is 0 Å². The molecule has 2 aliphatic heterocycles. The molecule has 2 aliphatic rings. The number of aromatic nitrogens is 1. The molecule has 1 saturated heterocycles. The lowest BCUT2D eigenvalue weighted by Gasteiger charge is -2.27. The van der Waals surface area contributed by atoms with Crippen molar-refractivity contribution in [2.24, 2.45) is 0 Å². The minimum Gasteiger partial charge on any atom is -0.334 e. The van der Waals surface area contributed by atoms with E-state index in [2.05, 4.69) is 20.9 Å². The van der Waals surface area contributed by atoms with E-state index >= 15 is 0 Å². The molecule has 10 nitrogen and oxygen atoms in total. The summed E-state index contributed by atoms with van der Waals surface area (Å²) in [6.45, 7) is -0.00250. The normalized spacial score (nSPS) is 18.1. The zero-order valence-electron chi connectivity index (χ0n) is 15.7. The van der Waals surface area contributed by atoms with E-state index in [-0.39, 0.29) is 30.5 Å². The minimum absolute atomic E-state index is 0.00250. The maximum Gasteiger partial charge on any atom is 0.319 e. The topological polar surface area (TPSA) is 138 Å². The molecule has 0 bridgehead atoms. The van der Waals surface area contributed by atoms with Crippen LogP contribution >= 0.6 is 0 Å². The molecule has 1 aromatic carbocycles. The van der Waals surface area contributed by atoms with Crippen LogP contribution in [0.5, 0.6) is 0 Å². The lowest BCUT2D eigenvalue weighted by Crippen LogP contribution is -2.54. The van der Waals surface area contributed by atoms with E-state index in [1.165, 1.54) is 12.3 Å². The van der Waals surface area contributed by atoms with Crippen LogP contribution in [0, 0.1) is 0 Å². The number of nitrogens with one attached hydrogen (secondary N) is 3.